The van der Waals surface area contributed by atoms with Gasteiger partial charge < -0.3 is 10.1 Å². The topological polar surface area (TPSA) is 69.0 Å². The second kappa shape index (κ2) is 9.36. The van der Waals surface area contributed by atoms with Gasteiger partial charge in [0, 0.05) is 23.4 Å². The van der Waals surface area contributed by atoms with Crippen LogP contribution in [0, 0.1) is 20.8 Å². The van der Waals surface area contributed by atoms with Crippen molar-refractivity contribution in [1.29, 1.82) is 0 Å². The standard InChI is InChI=1S/C25H26N4O2S/c1-16-22(18(3)29(28-16)15-19-8-6-5-7-9-19)14-26-24(30)23-17(2)27-25(32-23)20-10-12-21(31-4)13-11-20/h5-13H,14-15H2,1-4H3,(H,26,30). The van der Waals surface area contributed by atoms with Crippen LogP contribution in [0.4, 0.5) is 0 Å². The molecule has 0 unspecified atom stereocenters. The predicted molar refractivity (Wildman–Crippen MR) is 127 cm³/mol. The summed E-state index contributed by atoms with van der Waals surface area (Å²) in [5.74, 6) is 0.674. The van der Waals surface area contributed by atoms with Crippen LogP contribution in [0.1, 0.15) is 37.9 Å². The largest absolute Gasteiger partial charge is 0.497 e. The van der Waals surface area contributed by atoms with E-state index >= 15 is 0 Å². The molecular weight excluding hydrogens is 420 g/mol. The summed E-state index contributed by atoms with van der Waals surface area (Å²) in [4.78, 5) is 18.1. The zero-order valence-electron chi connectivity index (χ0n) is 18.7. The van der Waals surface area contributed by atoms with Gasteiger partial charge in [-0.1, -0.05) is 30.3 Å². The molecule has 0 aliphatic heterocycles. The quantitative estimate of drug-likeness (QED) is 0.438. The molecule has 0 fully saturated rings. The van der Waals surface area contributed by atoms with Crippen LogP contribution in [0.3, 0.4) is 0 Å². The lowest BCUT2D eigenvalue weighted by Gasteiger charge is -2.07. The summed E-state index contributed by atoms with van der Waals surface area (Å²) in [5.41, 5.74) is 5.93. The number of ether oxygens (including phenoxy) is 1. The Bertz CT molecular complexity index is 1230. The Hall–Kier alpha value is -3.45. The van der Waals surface area contributed by atoms with E-state index in [2.05, 4.69) is 27.5 Å². The van der Waals surface area contributed by atoms with Crippen LogP contribution in [-0.4, -0.2) is 27.8 Å². The van der Waals surface area contributed by atoms with Crippen molar-refractivity contribution in [3.8, 4) is 16.3 Å². The number of hydrogen-bond donors (Lipinski definition) is 1. The monoisotopic (exact) mass is 446 g/mol. The lowest BCUT2D eigenvalue weighted by Crippen LogP contribution is -2.23. The number of hydrogen-bond acceptors (Lipinski definition) is 5. The van der Waals surface area contributed by atoms with E-state index < -0.39 is 0 Å². The van der Waals surface area contributed by atoms with E-state index in [1.165, 1.54) is 16.9 Å². The number of carbonyl (C=O) groups is 1. The van der Waals surface area contributed by atoms with E-state index in [4.69, 9.17) is 4.74 Å². The molecule has 2 aromatic heterocycles. The number of nitrogens with zero attached hydrogens (tertiary/aromatic N) is 3. The fourth-order valence-corrected chi connectivity index (χ4v) is 4.60. The van der Waals surface area contributed by atoms with E-state index in [-0.39, 0.29) is 5.91 Å². The van der Waals surface area contributed by atoms with Crippen LogP contribution in [0.5, 0.6) is 5.75 Å². The molecule has 4 rings (SSSR count). The molecule has 0 radical (unpaired) electrons. The van der Waals surface area contributed by atoms with Gasteiger partial charge in [0.1, 0.15) is 15.6 Å². The van der Waals surface area contributed by atoms with Gasteiger partial charge in [-0.15, -0.1) is 11.3 Å². The first-order chi connectivity index (χ1) is 15.5. The van der Waals surface area contributed by atoms with E-state index in [1.54, 1.807) is 7.11 Å². The van der Waals surface area contributed by atoms with Crippen LogP contribution in [0.2, 0.25) is 0 Å². The van der Waals surface area contributed by atoms with Crippen molar-refractivity contribution in [2.45, 2.75) is 33.9 Å². The van der Waals surface area contributed by atoms with Gasteiger partial charge in [-0.3, -0.25) is 9.48 Å². The summed E-state index contributed by atoms with van der Waals surface area (Å²) >= 11 is 1.40. The molecular formula is C25H26N4O2S. The molecule has 2 heterocycles. The molecule has 1 amide bonds. The molecule has 0 saturated heterocycles. The molecule has 0 spiro atoms. The first-order valence-electron chi connectivity index (χ1n) is 10.4. The summed E-state index contributed by atoms with van der Waals surface area (Å²) in [6, 6.07) is 17.9. The molecule has 164 valence electrons. The van der Waals surface area contributed by atoms with Crippen molar-refractivity contribution in [1.82, 2.24) is 20.1 Å². The summed E-state index contributed by atoms with van der Waals surface area (Å²) in [7, 11) is 1.64. The second-order valence-electron chi connectivity index (χ2n) is 7.64. The minimum atomic E-state index is -0.116. The lowest BCUT2D eigenvalue weighted by molar-refractivity contribution is 0.0954. The molecule has 6 nitrogen and oxygen atoms in total. The molecule has 0 atom stereocenters. The average molecular weight is 447 g/mol. The molecule has 0 aliphatic rings. The van der Waals surface area contributed by atoms with Crippen LogP contribution in [-0.2, 0) is 13.1 Å². The highest BCUT2D eigenvalue weighted by atomic mass is 32.1. The SMILES string of the molecule is COc1ccc(-c2nc(C)c(C(=O)NCc3c(C)nn(Cc4ccccc4)c3C)s2)cc1. The minimum absolute atomic E-state index is 0.116. The Balaban J connectivity index is 1.46. The normalized spacial score (nSPS) is 10.9. The number of carbonyl (C=O) groups excluding carboxylic acids is 1. The molecule has 2 aromatic carbocycles. The van der Waals surface area contributed by atoms with Gasteiger partial charge in [-0.05, 0) is 50.6 Å². The van der Waals surface area contributed by atoms with Crippen molar-refractivity contribution in [2.75, 3.05) is 7.11 Å². The number of aryl methyl sites for hydroxylation is 2. The maximum absolute atomic E-state index is 12.9. The Morgan fingerprint density at radius 3 is 2.44 bits per heavy atom. The van der Waals surface area contributed by atoms with Gasteiger partial charge in [0.2, 0.25) is 0 Å². The second-order valence-corrected chi connectivity index (χ2v) is 8.64. The first kappa shape index (κ1) is 21.8. The zero-order valence-corrected chi connectivity index (χ0v) is 19.5. The van der Waals surface area contributed by atoms with Gasteiger partial charge in [0.15, 0.2) is 0 Å². The smallest absolute Gasteiger partial charge is 0.263 e. The fourth-order valence-electron chi connectivity index (χ4n) is 3.61. The fraction of sp³-hybridized carbons (Fsp3) is 0.240. The number of rotatable bonds is 7. The predicted octanol–water partition coefficient (Wildman–Crippen LogP) is 4.92. The lowest BCUT2D eigenvalue weighted by atomic mass is 10.2. The summed E-state index contributed by atoms with van der Waals surface area (Å²) in [6.45, 7) is 7.04. The van der Waals surface area contributed by atoms with Crippen LogP contribution in [0.25, 0.3) is 10.6 Å². The molecule has 0 bridgehead atoms. The van der Waals surface area contributed by atoms with Crippen molar-refractivity contribution in [3.63, 3.8) is 0 Å². The highest BCUT2D eigenvalue weighted by molar-refractivity contribution is 7.17. The summed E-state index contributed by atoms with van der Waals surface area (Å²) in [5, 5.41) is 8.55. The minimum Gasteiger partial charge on any atom is -0.497 e. The zero-order chi connectivity index (χ0) is 22.7. The Labute approximate surface area is 191 Å². The highest BCUT2D eigenvalue weighted by Gasteiger charge is 2.18. The van der Waals surface area contributed by atoms with Crippen molar-refractivity contribution >= 4 is 17.2 Å². The number of methoxy groups -OCH3 is 1. The molecule has 4 aromatic rings. The maximum Gasteiger partial charge on any atom is 0.263 e. The third kappa shape index (κ3) is 4.57. The molecule has 7 heteroatoms. The molecule has 1 N–H and O–H groups in total. The summed E-state index contributed by atoms with van der Waals surface area (Å²) in [6.07, 6.45) is 0. The third-order valence-corrected chi connectivity index (χ3v) is 6.68. The van der Waals surface area contributed by atoms with Crippen LogP contribution < -0.4 is 10.1 Å². The number of thiazole rings is 1. The Kier molecular flexibility index (Phi) is 6.37. The third-order valence-electron chi connectivity index (χ3n) is 5.47. The Morgan fingerprint density at radius 2 is 1.75 bits per heavy atom. The van der Waals surface area contributed by atoms with Gasteiger partial charge in [-0.2, -0.15) is 5.10 Å². The average Bonchev–Trinajstić information content (AvgIpc) is 3.32. The van der Waals surface area contributed by atoms with Gasteiger partial charge >= 0.3 is 0 Å². The van der Waals surface area contributed by atoms with Crippen LogP contribution in [0.15, 0.2) is 54.6 Å². The van der Waals surface area contributed by atoms with E-state index in [0.717, 1.165) is 39.0 Å². The number of amides is 1. The molecule has 0 saturated carbocycles. The van der Waals surface area contributed by atoms with E-state index in [9.17, 15) is 4.79 Å². The summed E-state index contributed by atoms with van der Waals surface area (Å²) < 4.78 is 7.20. The number of benzene rings is 2. The van der Waals surface area contributed by atoms with Crippen LogP contribution >= 0.6 is 11.3 Å². The van der Waals surface area contributed by atoms with Crippen molar-refractivity contribution in [3.05, 3.63) is 87.7 Å². The Morgan fingerprint density at radius 1 is 1.03 bits per heavy atom. The van der Waals surface area contributed by atoms with Gasteiger partial charge in [0.05, 0.1) is 25.0 Å². The van der Waals surface area contributed by atoms with Gasteiger partial charge in [0.25, 0.3) is 5.91 Å². The maximum atomic E-state index is 12.9. The number of aromatic nitrogens is 3. The van der Waals surface area contributed by atoms with E-state index in [0.29, 0.717) is 18.0 Å². The first-order valence-corrected chi connectivity index (χ1v) is 11.2. The van der Waals surface area contributed by atoms with E-state index in [1.807, 2.05) is 67.9 Å². The van der Waals surface area contributed by atoms with Crippen molar-refractivity contribution < 1.29 is 9.53 Å². The van der Waals surface area contributed by atoms with Gasteiger partial charge in [-0.25, -0.2) is 4.98 Å². The number of nitrogens with one attached hydrogen (secondary N) is 1. The molecule has 0 aliphatic carbocycles. The van der Waals surface area contributed by atoms with Crippen molar-refractivity contribution in [2.24, 2.45) is 0 Å². The molecule has 32 heavy (non-hydrogen) atoms. The highest BCUT2D eigenvalue weighted by Crippen LogP contribution is 2.29.